The molecule has 0 spiro atoms. The van der Waals surface area contributed by atoms with Crippen LogP contribution in [0.4, 0.5) is 5.13 Å². The number of carboxylic acid groups (broad SMARTS) is 1. The first-order valence-electron chi connectivity index (χ1n) is 10.1. The molecule has 0 bridgehead atoms. The zero-order valence-electron chi connectivity index (χ0n) is 17.8. The Labute approximate surface area is 207 Å². The van der Waals surface area contributed by atoms with E-state index in [2.05, 4.69) is 15.5 Å². The average Bonchev–Trinajstić information content (AvgIpc) is 3.15. The van der Waals surface area contributed by atoms with Gasteiger partial charge in [0, 0.05) is 23.5 Å². The van der Waals surface area contributed by atoms with Crippen LogP contribution in [0.5, 0.6) is 0 Å². The van der Waals surface area contributed by atoms with Crippen LogP contribution in [-0.4, -0.2) is 57.2 Å². The van der Waals surface area contributed by atoms with E-state index in [-0.39, 0.29) is 33.2 Å². The van der Waals surface area contributed by atoms with Gasteiger partial charge in [0.2, 0.25) is 0 Å². The summed E-state index contributed by atoms with van der Waals surface area (Å²) >= 11 is 8.43. The molecule has 34 heavy (non-hydrogen) atoms. The van der Waals surface area contributed by atoms with Gasteiger partial charge >= 0.3 is 0 Å². The zero-order valence-corrected chi connectivity index (χ0v) is 20.2. The van der Waals surface area contributed by atoms with Crippen molar-refractivity contribution in [3.8, 4) is 0 Å². The zero-order chi connectivity index (χ0) is 24.4. The molecule has 178 valence electrons. The first-order chi connectivity index (χ1) is 16.3. The van der Waals surface area contributed by atoms with Gasteiger partial charge in [0.15, 0.2) is 29.8 Å². The first kappa shape index (κ1) is 24.0. The molecule has 3 N–H and O–H groups in total. The van der Waals surface area contributed by atoms with E-state index in [1.54, 1.807) is 19.3 Å². The van der Waals surface area contributed by atoms with Gasteiger partial charge in [-0.05, 0) is 6.92 Å². The number of anilines is 1. The molecule has 0 aromatic carbocycles. The molecule has 1 unspecified atom stereocenters. The molecule has 4 rings (SSSR count). The second-order valence-electron chi connectivity index (χ2n) is 7.18. The van der Waals surface area contributed by atoms with Gasteiger partial charge < -0.3 is 25.8 Å². The summed E-state index contributed by atoms with van der Waals surface area (Å²) in [6.07, 6.45) is 3.60. The van der Waals surface area contributed by atoms with Crippen LogP contribution in [0.25, 0.3) is 0 Å². The normalized spacial score (nSPS) is 20.0. The number of carbonyl (C=O) groups is 3. The van der Waals surface area contributed by atoms with Crippen LogP contribution in [0, 0.1) is 0 Å². The van der Waals surface area contributed by atoms with Crippen molar-refractivity contribution in [1.29, 1.82) is 0 Å². The molecule has 11 nitrogen and oxygen atoms in total. The maximum atomic E-state index is 13.0. The van der Waals surface area contributed by atoms with Gasteiger partial charge in [-0.1, -0.05) is 34.2 Å². The third kappa shape index (κ3) is 4.58. The number of aromatic nitrogens is 2. The minimum atomic E-state index is -1.45. The number of thioether (sulfide) groups is 1. The summed E-state index contributed by atoms with van der Waals surface area (Å²) in [7, 11) is 0. The van der Waals surface area contributed by atoms with Crippen molar-refractivity contribution < 1.29 is 28.9 Å². The molecule has 0 aliphatic carbocycles. The van der Waals surface area contributed by atoms with Crippen molar-refractivity contribution in [3.63, 3.8) is 0 Å². The largest absolute Gasteiger partial charge is 0.543 e. The molecule has 2 amide bonds. The number of amides is 2. The number of nitrogens with two attached hydrogens (primary N) is 1. The number of fused-ring (bicyclic) bond motifs is 1. The summed E-state index contributed by atoms with van der Waals surface area (Å²) < 4.78 is 1.95. The van der Waals surface area contributed by atoms with Gasteiger partial charge in [-0.2, -0.15) is 0 Å². The second kappa shape index (κ2) is 9.99. The molecule has 14 heteroatoms. The Kier molecular flexibility index (Phi) is 7.05. The highest BCUT2D eigenvalue weighted by atomic mass is 35.5. The number of rotatable bonds is 8. The number of halogens is 1. The number of carbonyl (C=O) groups excluding carboxylic acids is 3. The molecule has 2 aromatic rings. The highest BCUT2D eigenvalue weighted by Crippen LogP contribution is 2.40. The standard InChI is InChI=1S/C20H19ClN6O5S2/c1-2-32-25-12(11-15(21)34-20(22)24-11)16(28)23-13-17(29)27-14(19(30)31)10(9-33-18(13)27)8-26-6-4-3-5-7-26/h3-7,13,18H,2,8-9H2,1H3,(H3-,22,23,24,28,30,31)/b25-12-/t13?,18-/m1/s1. The molecular weight excluding hydrogens is 504 g/mol. The van der Waals surface area contributed by atoms with Gasteiger partial charge in [-0.15, -0.1) is 11.8 Å². The third-order valence-electron chi connectivity index (χ3n) is 5.00. The lowest BCUT2D eigenvalue weighted by Gasteiger charge is -2.50. The number of hydrogen-bond donors (Lipinski definition) is 2. The predicted octanol–water partition coefficient (Wildman–Crippen LogP) is -0.489. The van der Waals surface area contributed by atoms with Crippen molar-refractivity contribution in [2.24, 2.45) is 5.16 Å². The number of oxime groups is 1. The number of aliphatic carboxylic acids is 1. The summed E-state index contributed by atoms with van der Waals surface area (Å²) in [4.78, 5) is 48.0. The number of β-lactam (4-membered cyclic amide) rings is 1. The van der Waals surface area contributed by atoms with Crippen LogP contribution < -0.4 is 20.7 Å². The summed E-state index contributed by atoms with van der Waals surface area (Å²) in [5, 5.41) is 17.8. The number of nitrogens with zero attached hydrogens (tertiary/aromatic N) is 4. The van der Waals surface area contributed by atoms with E-state index >= 15 is 0 Å². The SMILES string of the molecule is CCO/N=C(\C(=O)NC1C(=O)N2C(C(=O)[O-])=C(C[n+]3ccccc3)CS[C@H]12)c1nc(N)sc1Cl. The second-order valence-corrected chi connectivity index (χ2v) is 9.92. The average molecular weight is 523 g/mol. The summed E-state index contributed by atoms with van der Waals surface area (Å²) in [5.74, 6) is -2.41. The Morgan fingerprint density at radius 2 is 2.15 bits per heavy atom. The molecular formula is C20H19ClN6O5S2. The molecule has 2 atom stereocenters. The van der Waals surface area contributed by atoms with Crippen molar-refractivity contribution in [1.82, 2.24) is 15.2 Å². The minimum absolute atomic E-state index is 0.0348. The summed E-state index contributed by atoms with van der Waals surface area (Å²) in [6.45, 7) is 2.16. The lowest BCUT2D eigenvalue weighted by Crippen LogP contribution is -2.71. The van der Waals surface area contributed by atoms with Crippen molar-refractivity contribution >= 4 is 63.3 Å². The predicted molar refractivity (Wildman–Crippen MR) is 123 cm³/mol. The quantitative estimate of drug-likeness (QED) is 0.204. The molecule has 2 aromatic heterocycles. The Hall–Kier alpha value is -3.16. The lowest BCUT2D eigenvalue weighted by molar-refractivity contribution is -0.689. The maximum Gasteiger partial charge on any atom is 0.276 e. The van der Waals surface area contributed by atoms with Crippen molar-refractivity contribution in [3.05, 3.63) is 51.9 Å². The first-order valence-corrected chi connectivity index (χ1v) is 12.3. The van der Waals surface area contributed by atoms with E-state index in [9.17, 15) is 19.5 Å². The van der Waals surface area contributed by atoms with Gasteiger partial charge in [-0.25, -0.2) is 9.55 Å². The third-order valence-corrected chi connectivity index (χ3v) is 7.43. The van der Waals surface area contributed by atoms with Crippen LogP contribution in [0.15, 0.2) is 47.0 Å². The Bertz CT molecular complexity index is 1200. The minimum Gasteiger partial charge on any atom is -0.543 e. The van der Waals surface area contributed by atoms with Gasteiger partial charge in [0.1, 0.15) is 28.1 Å². The molecule has 1 saturated heterocycles. The fourth-order valence-electron chi connectivity index (χ4n) is 3.55. The van der Waals surface area contributed by atoms with Gasteiger partial charge in [0.25, 0.3) is 11.8 Å². The number of hydrogen-bond acceptors (Lipinski definition) is 10. The van der Waals surface area contributed by atoms with Gasteiger partial charge in [0.05, 0.1) is 11.7 Å². The van der Waals surface area contributed by atoms with E-state index in [1.807, 2.05) is 22.8 Å². The highest BCUT2D eigenvalue weighted by molar-refractivity contribution is 8.00. The number of carboxylic acids is 1. The Morgan fingerprint density at radius 3 is 2.76 bits per heavy atom. The Morgan fingerprint density at radius 1 is 1.41 bits per heavy atom. The Balaban J connectivity index is 1.55. The number of pyridine rings is 1. The number of nitrogens with one attached hydrogen (secondary N) is 1. The van der Waals surface area contributed by atoms with Crippen LogP contribution in [0.3, 0.4) is 0 Å². The smallest absolute Gasteiger partial charge is 0.276 e. The summed E-state index contributed by atoms with van der Waals surface area (Å²) in [5.41, 5.74) is 5.84. The molecule has 0 saturated carbocycles. The van der Waals surface area contributed by atoms with Crippen LogP contribution in [0.1, 0.15) is 12.6 Å². The van der Waals surface area contributed by atoms with E-state index in [0.29, 0.717) is 17.9 Å². The number of thiazole rings is 1. The van der Waals surface area contributed by atoms with E-state index in [0.717, 1.165) is 16.2 Å². The van der Waals surface area contributed by atoms with Gasteiger partial charge in [-0.3, -0.25) is 14.5 Å². The molecule has 1 fully saturated rings. The highest BCUT2D eigenvalue weighted by Gasteiger charge is 2.53. The molecule has 2 aliphatic rings. The maximum absolute atomic E-state index is 13.0. The van der Waals surface area contributed by atoms with Crippen molar-refractivity contribution in [2.45, 2.75) is 24.9 Å². The van der Waals surface area contributed by atoms with E-state index in [1.165, 1.54) is 11.8 Å². The van der Waals surface area contributed by atoms with E-state index < -0.39 is 29.2 Å². The lowest BCUT2D eigenvalue weighted by atomic mass is 10.0. The van der Waals surface area contributed by atoms with Crippen LogP contribution in [-0.2, 0) is 25.8 Å². The fourth-order valence-corrected chi connectivity index (χ4v) is 5.81. The summed E-state index contributed by atoms with van der Waals surface area (Å²) in [6, 6.07) is 4.52. The number of nitrogen functional groups attached to an aromatic ring is 1. The monoisotopic (exact) mass is 522 g/mol. The van der Waals surface area contributed by atoms with Crippen LogP contribution in [0.2, 0.25) is 4.34 Å². The van der Waals surface area contributed by atoms with Crippen LogP contribution >= 0.6 is 34.7 Å². The van der Waals surface area contributed by atoms with E-state index in [4.69, 9.17) is 22.2 Å². The van der Waals surface area contributed by atoms with Crippen molar-refractivity contribution in [2.75, 3.05) is 18.1 Å². The molecule has 2 aliphatic heterocycles. The molecule has 4 heterocycles. The molecule has 0 radical (unpaired) electrons. The fraction of sp³-hybridized carbons (Fsp3) is 0.300. The topological polar surface area (TPSA) is 154 Å².